The molecule has 0 radical (unpaired) electrons. The van der Waals surface area contributed by atoms with Gasteiger partial charge in [0, 0.05) is 6.42 Å². The SMILES string of the molecule is CCCCCCCCCCCC(=O)NN.CCCCCCCCCCCC(C(=O)NN)C(=O)NN. The summed E-state index contributed by atoms with van der Waals surface area (Å²) in [6.45, 7) is 4.45. The Balaban J connectivity index is 0. The molecule has 0 spiro atoms. The standard InChI is InChI=1S/C14H30N4O2.C12H26N2O/c1-2-3-4-5-6-7-8-9-10-11-12(13(19)17-15)14(20)18-16;1-2-3-4-5-6-7-8-9-10-11-12(15)14-13/h12H,2-11,15-16H2,1H3,(H,17,19)(H,18,20);2-11,13H2,1H3,(H,14,15). The molecule has 9 nitrogen and oxygen atoms in total. The lowest BCUT2D eigenvalue weighted by molar-refractivity contribution is -0.135. The lowest BCUT2D eigenvalue weighted by Crippen LogP contribution is -2.45. The monoisotopic (exact) mass is 500 g/mol. The summed E-state index contributed by atoms with van der Waals surface area (Å²) in [5.74, 6) is 13.3. The Kier molecular flexibility index (Phi) is 28.9. The van der Waals surface area contributed by atoms with E-state index in [1.54, 1.807) is 0 Å². The van der Waals surface area contributed by atoms with Crippen LogP contribution < -0.4 is 33.8 Å². The molecule has 208 valence electrons. The van der Waals surface area contributed by atoms with Crippen LogP contribution in [0.1, 0.15) is 142 Å². The number of hydrazine groups is 3. The fourth-order valence-corrected chi connectivity index (χ4v) is 3.91. The number of carbonyl (C=O) groups is 3. The number of rotatable bonds is 22. The van der Waals surface area contributed by atoms with Crippen molar-refractivity contribution in [3.8, 4) is 0 Å². The molecule has 0 aliphatic rings. The lowest BCUT2D eigenvalue weighted by Gasteiger charge is -2.13. The van der Waals surface area contributed by atoms with E-state index in [2.05, 4.69) is 19.3 Å². The summed E-state index contributed by atoms with van der Waals surface area (Å²) in [7, 11) is 0. The van der Waals surface area contributed by atoms with Crippen LogP contribution in [0.15, 0.2) is 0 Å². The van der Waals surface area contributed by atoms with E-state index < -0.39 is 17.7 Å². The van der Waals surface area contributed by atoms with Crippen LogP contribution in [-0.4, -0.2) is 17.7 Å². The van der Waals surface area contributed by atoms with Gasteiger partial charge >= 0.3 is 0 Å². The molecular formula is C26H56N6O3. The first-order valence-corrected chi connectivity index (χ1v) is 14.0. The van der Waals surface area contributed by atoms with Crippen LogP contribution in [0.4, 0.5) is 0 Å². The van der Waals surface area contributed by atoms with Crippen LogP contribution in [0.3, 0.4) is 0 Å². The molecule has 0 atom stereocenters. The first-order chi connectivity index (χ1) is 17.0. The minimum atomic E-state index is -0.783. The van der Waals surface area contributed by atoms with Crippen LogP contribution in [0.5, 0.6) is 0 Å². The van der Waals surface area contributed by atoms with Crippen molar-refractivity contribution in [2.45, 2.75) is 142 Å². The third-order valence-corrected chi connectivity index (χ3v) is 6.18. The minimum absolute atomic E-state index is 0.0436. The van der Waals surface area contributed by atoms with Crippen LogP contribution in [0.25, 0.3) is 0 Å². The predicted molar refractivity (Wildman–Crippen MR) is 144 cm³/mol. The first kappa shape index (κ1) is 35.5. The lowest BCUT2D eigenvalue weighted by atomic mass is 9.98. The summed E-state index contributed by atoms with van der Waals surface area (Å²) >= 11 is 0. The van der Waals surface area contributed by atoms with Crippen molar-refractivity contribution < 1.29 is 14.4 Å². The third kappa shape index (κ3) is 25.2. The molecule has 3 amide bonds. The number of amides is 3. The van der Waals surface area contributed by atoms with E-state index >= 15 is 0 Å². The average molecular weight is 501 g/mol. The number of hydrogen-bond acceptors (Lipinski definition) is 6. The molecule has 0 rings (SSSR count). The molecule has 0 unspecified atom stereocenters. The number of nitrogens with one attached hydrogen (secondary N) is 3. The molecule has 0 fully saturated rings. The summed E-state index contributed by atoms with van der Waals surface area (Å²) in [5.41, 5.74) is 6.16. The summed E-state index contributed by atoms with van der Waals surface area (Å²) < 4.78 is 0. The van der Waals surface area contributed by atoms with E-state index in [0.717, 1.165) is 32.1 Å². The highest BCUT2D eigenvalue weighted by molar-refractivity contribution is 5.99. The Morgan fingerprint density at radius 1 is 0.514 bits per heavy atom. The molecule has 0 aromatic carbocycles. The summed E-state index contributed by atoms with van der Waals surface area (Å²) in [4.78, 5) is 33.6. The van der Waals surface area contributed by atoms with Gasteiger partial charge in [-0.05, 0) is 12.8 Å². The van der Waals surface area contributed by atoms with Gasteiger partial charge in [0.15, 0.2) is 0 Å². The maximum atomic E-state index is 11.4. The second-order valence-corrected chi connectivity index (χ2v) is 9.33. The van der Waals surface area contributed by atoms with Crippen molar-refractivity contribution in [3.05, 3.63) is 0 Å². The first-order valence-electron chi connectivity index (χ1n) is 14.0. The Morgan fingerprint density at radius 3 is 1.20 bits per heavy atom. The van der Waals surface area contributed by atoms with Gasteiger partial charge in [-0.1, -0.05) is 123 Å². The van der Waals surface area contributed by atoms with Gasteiger partial charge < -0.3 is 0 Å². The Bertz CT molecular complexity index is 489. The van der Waals surface area contributed by atoms with Crippen LogP contribution in [-0.2, 0) is 14.4 Å². The average Bonchev–Trinajstić information content (AvgIpc) is 2.88. The van der Waals surface area contributed by atoms with Crippen LogP contribution >= 0.6 is 0 Å². The van der Waals surface area contributed by atoms with Gasteiger partial charge in [0.2, 0.25) is 17.7 Å². The van der Waals surface area contributed by atoms with Gasteiger partial charge in [0.1, 0.15) is 5.92 Å². The third-order valence-electron chi connectivity index (χ3n) is 6.18. The molecule has 0 saturated heterocycles. The van der Waals surface area contributed by atoms with Crippen molar-refractivity contribution in [2.75, 3.05) is 0 Å². The number of unbranched alkanes of at least 4 members (excludes halogenated alkanes) is 16. The summed E-state index contributed by atoms with van der Waals surface area (Å²) in [6, 6.07) is 0. The fraction of sp³-hybridized carbons (Fsp3) is 0.885. The quantitative estimate of drug-likeness (QED) is 0.0424. The number of nitrogens with two attached hydrogens (primary N) is 3. The van der Waals surface area contributed by atoms with Gasteiger partial charge in [-0.2, -0.15) is 0 Å². The summed E-state index contributed by atoms with van der Waals surface area (Å²) in [5, 5.41) is 0. The molecule has 0 bridgehead atoms. The Hall–Kier alpha value is -1.71. The highest BCUT2D eigenvalue weighted by Gasteiger charge is 2.24. The van der Waals surface area contributed by atoms with Gasteiger partial charge in [-0.3, -0.25) is 30.7 Å². The molecule has 0 heterocycles. The van der Waals surface area contributed by atoms with E-state index in [1.165, 1.54) is 83.5 Å². The van der Waals surface area contributed by atoms with Crippen LogP contribution in [0, 0.1) is 5.92 Å². The van der Waals surface area contributed by atoms with Crippen molar-refractivity contribution >= 4 is 17.7 Å². The van der Waals surface area contributed by atoms with Crippen molar-refractivity contribution in [1.82, 2.24) is 16.3 Å². The van der Waals surface area contributed by atoms with Crippen molar-refractivity contribution in [2.24, 2.45) is 23.4 Å². The number of carbonyl (C=O) groups excluding carboxylic acids is 3. The fourth-order valence-electron chi connectivity index (χ4n) is 3.91. The maximum Gasteiger partial charge on any atom is 0.246 e. The Morgan fingerprint density at radius 2 is 0.857 bits per heavy atom. The zero-order valence-corrected chi connectivity index (χ0v) is 22.7. The van der Waals surface area contributed by atoms with Crippen LogP contribution in [0.2, 0.25) is 0 Å². The highest BCUT2D eigenvalue weighted by atomic mass is 16.2. The predicted octanol–water partition coefficient (Wildman–Crippen LogP) is 4.40. The molecule has 0 aromatic heterocycles. The molecule has 0 aliphatic carbocycles. The van der Waals surface area contributed by atoms with Gasteiger partial charge in [0.05, 0.1) is 0 Å². The highest BCUT2D eigenvalue weighted by Crippen LogP contribution is 2.14. The van der Waals surface area contributed by atoms with E-state index in [1.807, 2.05) is 10.9 Å². The van der Waals surface area contributed by atoms with E-state index in [4.69, 9.17) is 17.5 Å². The minimum Gasteiger partial charge on any atom is -0.294 e. The molecule has 0 aromatic rings. The summed E-state index contributed by atoms with van der Waals surface area (Å²) in [6.07, 6.45) is 23.3. The normalized spacial score (nSPS) is 10.5. The zero-order valence-electron chi connectivity index (χ0n) is 22.7. The van der Waals surface area contributed by atoms with E-state index in [-0.39, 0.29) is 5.91 Å². The molecule has 9 N–H and O–H groups in total. The largest absolute Gasteiger partial charge is 0.294 e. The molecule has 0 aliphatic heterocycles. The maximum absolute atomic E-state index is 11.4. The molecule has 35 heavy (non-hydrogen) atoms. The smallest absolute Gasteiger partial charge is 0.246 e. The Labute approximate surface area is 214 Å². The van der Waals surface area contributed by atoms with Gasteiger partial charge in [0.25, 0.3) is 0 Å². The van der Waals surface area contributed by atoms with Gasteiger partial charge in [-0.25, -0.2) is 17.5 Å². The van der Waals surface area contributed by atoms with Crippen molar-refractivity contribution in [1.29, 1.82) is 0 Å². The molecule has 9 heteroatoms. The second kappa shape index (κ2) is 28.5. The van der Waals surface area contributed by atoms with Crippen molar-refractivity contribution in [3.63, 3.8) is 0 Å². The molecule has 0 saturated carbocycles. The van der Waals surface area contributed by atoms with E-state index in [9.17, 15) is 14.4 Å². The molecular weight excluding hydrogens is 444 g/mol. The zero-order chi connectivity index (χ0) is 26.6. The second-order valence-electron chi connectivity index (χ2n) is 9.33. The topological polar surface area (TPSA) is 165 Å². The van der Waals surface area contributed by atoms with E-state index in [0.29, 0.717) is 12.8 Å². The van der Waals surface area contributed by atoms with Gasteiger partial charge in [-0.15, -0.1) is 0 Å². The number of hydrogen-bond donors (Lipinski definition) is 6.